The molecule has 1 atom stereocenters. The maximum absolute atomic E-state index is 16.4. The highest BCUT2D eigenvalue weighted by Crippen LogP contribution is 2.48. The van der Waals surface area contributed by atoms with Gasteiger partial charge in [-0.25, -0.2) is 8.78 Å². The molecular formula is C26H19F5N6O2S. The standard InChI is InChI=1S/C26H19F5N6O2S/c1-39-25-34-21-13(24(35-25)36-6-7-37-11(10-36)2-5-17(37)38)8-15(26(29,30)31)19(20(21)28)12-3-4-16(27)22-18(12)14(9-32)23(33)40-22/h3-4,8,11H,2,5-7,10,33H2,1H3. The van der Waals surface area contributed by atoms with Crippen molar-refractivity contribution in [3.8, 4) is 23.2 Å². The number of anilines is 2. The largest absolute Gasteiger partial charge is 0.467 e. The lowest BCUT2D eigenvalue weighted by molar-refractivity contribution is -0.137. The molecular weight excluding hydrogens is 555 g/mol. The summed E-state index contributed by atoms with van der Waals surface area (Å²) in [5, 5.41) is 9.13. The van der Waals surface area contributed by atoms with Crippen molar-refractivity contribution in [2.24, 2.45) is 0 Å². The number of methoxy groups -OCH3 is 1. The maximum atomic E-state index is 16.4. The molecule has 2 aromatic heterocycles. The zero-order chi connectivity index (χ0) is 28.5. The Kier molecular flexibility index (Phi) is 5.95. The number of nitrogens with zero attached hydrogens (tertiary/aromatic N) is 5. The minimum Gasteiger partial charge on any atom is -0.467 e. The number of carbonyl (C=O) groups excluding carboxylic acids is 1. The van der Waals surface area contributed by atoms with Crippen molar-refractivity contribution in [1.29, 1.82) is 5.26 Å². The fourth-order valence-corrected chi connectivity index (χ4v) is 6.53. The predicted molar refractivity (Wildman–Crippen MR) is 138 cm³/mol. The molecule has 4 aromatic rings. The van der Waals surface area contributed by atoms with Crippen molar-refractivity contribution < 1.29 is 31.5 Å². The van der Waals surface area contributed by atoms with E-state index in [-0.39, 0.29) is 61.9 Å². The third kappa shape index (κ3) is 3.87. The SMILES string of the molecule is COc1nc(N2CCN3C(=O)CCC3C2)c2cc(C(F)(F)F)c(-c3ccc(F)c4sc(N)c(C#N)c34)c(F)c2n1. The molecule has 2 aromatic carbocycles. The minimum absolute atomic E-state index is 0.0150. The molecule has 14 heteroatoms. The molecule has 1 amide bonds. The number of ether oxygens (including phenoxy) is 1. The number of hydrogen-bond donors (Lipinski definition) is 1. The van der Waals surface area contributed by atoms with Gasteiger partial charge in [-0.1, -0.05) is 6.07 Å². The van der Waals surface area contributed by atoms with Gasteiger partial charge in [0.1, 0.15) is 28.2 Å². The predicted octanol–water partition coefficient (Wildman–Crippen LogP) is 5.08. The minimum atomic E-state index is -5.05. The van der Waals surface area contributed by atoms with Crippen LogP contribution in [0.1, 0.15) is 24.0 Å². The first kappa shape index (κ1) is 26.0. The number of rotatable bonds is 3. The van der Waals surface area contributed by atoms with Crippen molar-refractivity contribution >= 4 is 49.1 Å². The average Bonchev–Trinajstić information content (AvgIpc) is 3.47. The molecule has 8 nitrogen and oxygen atoms in total. The number of aromatic nitrogens is 2. The molecule has 206 valence electrons. The van der Waals surface area contributed by atoms with E-state index in [2.05, 4.69) is 9.97 Å². The molecule has 2 N–H and O–H groups in total. The topological polar surface area (TPSA) is 108 Å². The number of benzene rings is 2. The number of thiophene rings is 1. The van der Waals surface area contributed by atoms with Crippen LogP contribution in [-0.4, -0.2) is 53.6 Å². The second kappa shape index (κ2) is 9.16. The van der Waals surface area contributed by atoms with Crippen LogP contribution < -0.4 is 15.4 Å². The van der Waals surface area contributed by atoms with Crippen LogP contribution >= 0.6 is 11.3 Å². The summed E-state index contributed by atoms with van der Waals surface area (Å²) in [6.07, 6.45) is -4.08. The molecule has 40 heavy (non-hydrogen) atoms. The van der Waals surface area contributed by atoms with Crippen LogP contribution in [0.15, 0.2) is 18.2 Å². The molecule has 0 radical (unpaired) electrons. The summed E-state index contributed by atoms with van der Waals surface area (Å²) >= 11 is 0.693. The van der Waals surface area contributed by atoms with Crippen LogP contribution in [0.2, 0.25) is 0 Å². The maximum Gasteiger partial charge on any atom is 0.417 e. The Bertz CT molecular complexity index is 1770. The first-order chi connectivity index (χ1) is 19.0. The third-order valence-electron chi connectivity index (χ3n) is 7.37. The zero-order valence-electron chi connectivity index (χ0n) is 20.8. The van der Waals surface area contributed by atoms with E-state index in [0.717, 1.165) is 18.2 Å². The van der Waals surface area contributed by atoms with Crippen LogP contribution in [0.3, 0.4) is 0 Å². The Labute approximate surface area is 227 Å². The number of amides is 1. The molecule has 0 aliphatic carbocycles. The lowest BCUT2D eigenvalue weighted by Gasteiger charge is -2.38. The van der Waals surface area contributed by atoms with E-state index < -0.39 is 34.5 Å². The molecule has 4 heterocycles. The molecule has 2 fully saturated rings. The van der Waals surface area contributed by atoms with E-state index >= 15 is 4.39 Å². The highest BCUT2D eigenvalue weighted by Gasteiger charge is 2.40. The zero-order valence-corrected chi connectivity index (χ0v) is 21.6. The molecule has 2 aliphatic heterocycles. The van der Waals surface area contributed by atoms with Gasteiger partial charge in [0.2, 0.25) is 5.91 Å². The van der Waals surface area contributed by atoms with Crippen LogP contribution in [0.25, 0.3) is 32.1 Å². The number of hydrogen-bond acceptors (Lipinski definition) is 8. The fraction of sp³-hybridized carbons (Fsp3) is 0.308. The van der Waals surface area contributed by atoms with Gasteiger partial charge in [0.15, 0.2) is 5.82 Å². The van der Waals surface area contributed by atoms with Gasteiger partial charge < -0.3 is 20.3 Å². The van der Waals surface area contributed by atoms with Gasteiger partial charge in [-0.3, -0.25) is 4.79 Å². The summed E-state index contributed by atoms with van der Waals surface area (Å²) in [5.41, 5.74) is 2.61. The highest BCUT2D eigenvalue weighted by atomic mass is 32.1. The van der Waals surface area contributed by atoms with E-state index in [0.29, 0.717) is 37.3 Å². The fourth-order valence-electron chi connectivity index (χ4n) is 5.58. The van der Waals surface area contributed by atoms with E-state index in [1.165, 1.54) is 7.11 Å². The Hall–Kier alpha value is -4.25. The molecule has 0 spiro atoms. The van der Waals surface area contributed by atoms with Gasteiger partial charge in [0, 0.05) is 48.4 Å². The van der Waals surface area contributed by atoms with Crippen molar-refractivity contribution in [1.82, 2.24) is 14.9 Å². The Morgan fingerprint density at radius 1 is 1.23 bits per heavy atom. The number of nitrogen functional groups attached to an aromatic ring is 1. The van der Waals surface area contributed by atoms with Crippen molar-refractivity contribution in [2.45, 2.75) is 25.1 Å². The highest BCUT2D eigenvalue weighted by molar-refractivity contribution is 7.23. The first-order valence-electron chi connectivity index (χ1n) is 12.1. The van der Waals surface area contributed by atoms with Gasteiger partial charge in [0.25, 0.3) is 0 Å². The van der Waals surface area contributed by atoms with Gasteiger partial charge in [-0.05, 0) is 24.1 Å². The molecule has 6 rings (SSSR count). The van der Waals surface area contributed by atoms with Gasteiger partial charge in [-0.2, -0.15) is 28.4 Å². The first-order valence-corrected chi connectivity index (χ1v) is 13.0. The van der Waals surface area contributed by atoms with Crippen LogP contribution in [0.4, 0.5) is 32.8 Å². The number of fused-ring (bicyclic) bond motifs is 3. The normalized spacial score (nSPS) is 17.5. The third-order valence-corrected chi connectivity index (χ3v) is 8.40. The number of nitrogens with two attached hydrogens (primary N) is 1. The lowest BCUT2D eigenvalue weighted by atomic mass is 9.92. The quantitative estimate of drug-likeness (QED) is 0.340. The van der Waals surface area contributed by atoms with E-state index in [1.807, 2.05) is 0 Å². The molecule has 1 unspecified atom stereocenters. The van der Waals surface area contributed by atoms with Crippen LogP contribution in [0.5, 0.6) is 6.01 Å². The lowest BCUT2D eigenvalue weighted by Crippen LogP contribution is -2.51. The number of alkyl halides is 3. The van der Waals surface area contributed by atoms with Gasteiger partial charge in [0.05, 0.1) is 22.9 Å². The van der Waals surface area contributed by atoms with E-state index in [4.69, 9.17) is 10.5 Å². The van der Waals surface area contributed by atoms with Crippen molar-refractivity contribution in [2.75, 3.05) is 37.4 Å². The summed E-state index contributed by atoms with van der Waals surface area (Å²) < 4.78 is 79.9. The Morgan fingerprint density at radius 3 is 2.70 bits per heavy atom. The average molecular weight is 575 g/mol. The van der Waals surface area contributed by atoms with Gasteiger partial charge >= 0.3 is 12.2 Å². The van der Waals surface area contributed by atoms with Crippen LogP contribution in [-0.2, 0) is 11.0 Å². The number of piperazine rings is 1. The molecule has 2 saturated heterocycles. The number of carbonyl (C=O) groups is 1. The monoisotopic (exact) mass is 574 g/mol. The summed E-state index contributed by atoms with van der Waals surface area (Å²) in [6, 6.07) is 4.06. The summed E-state index contributed by atoms with van der Waals surface area (Å²) in [5.74, 6) is -2.08. The van der Waals surface area contributed by atoms with Crippen LogP contribution in [0, 0.1) is 23.0 Å². The summed E-state index contributed by atoms with van der Waals surface area (Å²) in [4.78, 5) is 23.9. The smallest absolute Gasteiger partial charge is 0.417 e. The number of nitriles is 1. The summed E-state index contributed by atoms with van der Waals surface area (Å²) in [7, 11) is 1.25. The number of halogens is 5. The van der Waals surface area contributed by atoms with E-state index in [9.17, 15) is 27.6 Å². The van der Waals surface area contributed by atoms with E-state index in [1.54, 1.807) is 15.9 Å². The van der Waals surface area contributed by atoms with Crippen molar-refractivity contribution in [3.63, 3.8) is 0 Å². The van der Waals surface area contributed by atoms with Gasteiger partial charge in [-0.15, -0.1) is 11.3 Å². The molecule has 0 bridgehead atoms. The second-order valence-corrected chi connectivity index (χ2v) is 10.6. The Morgan fingerprint density at radius 2 is 2.00 bits per heavy atom. The molecule has 0 saturated carbocycles. The Balaban J connectivity index is 1.65. The molecule has 2 aliphatic rings. The second-order valence-electron chi connectivity index (χ2n) is 9.52. The summed E-state index contributed by atoms with van der Waals surface area (Å²) in [6.45, 7) is 0.901. The van der Waals surface area contributed by atoms with Crippen molar-refractivity contribution in [3.05, 3.63) is 41.0 Å².